The van der Waals surface area contributed by atoms with Crippen molar-refractivity contribution in [2.45, 2.75) is 0 Å². The second-order valence-corrected chi connectivity index (χ2v) is 9.03. The molecule has 0 N–H and O–H groups in total. The molecule has 0 bridgehead atoms. The maximum absolute atomic E-state index is 11.2. The normalized spacial score (nSPS) is 14.6. The van der Waals surface area contributed by atoms with Gasteiger partial charge in [-0.05, 0) is 11.5 Å². The fraction of sp³-hybridized carbons (Fsp3) is 0. The molecule has 0 fully saturated rings. The zero-order chi connectivity index (χ0) is 14.8. The molecule has 0 radical (unpaired) electrons. The van der Waals surface area contributed by atoms with E-state index < -0.39 is 19.5 Å². The number of hydrogen-bond acceptors (Lipinski definition) is 1. The summed E-state index contributed by atoms with van der Waals surface area (Å²) in [5.41, 5.74) is 0.619. The van der Waals surface area contributed by atoms with Gasteiger partial charge in [0.05, 0.1) is 5.39 Å². The second kappa shape index (κ2) is 4.27. The number of diazo groups is 1. The van der Waals surface area contributed by atoms with Gasteiger partial charge in [-0.2, -0.15) is 0 Å². The molecule has 0 saturated heterocycles. The van der Waals surface area contributed by atoms with Gasteiger partial charge in [0.15, 0.2) is 4.98 Å². The van der Waals surface area contributed by atoms with Crippen LogP contribution in [0, 0.1) is 5.39 Å². The Morgan fingerprint density at radius 3 is 1.84 bits per heavy atom. The van der Waals surface area contributed by atoms with Gasteiger partial charge < -0.3 is 0 Å². The molecule has 2 nitrogen and oxygen atoms in total. The number of nitrogens with zero attached hydrogens (tertiary/aromatic N) is 2. The van der Waals surface area contributed by atoms with Crippen LogP contribution in [0.1, 0.15) is 1.43 Å². The van der Waals surface area contributed by atoms with Crippen LogP contribution in [0.4, 0.5) is 22.6 Å². The van der Waals surface area contributed by atoms with Crippen molar-refractivity contribution in [1.29, 1.82) is 5.39 Å². The topological polar surface area (TPSA) is 28.1 Å². The van der Waals surface area contributed by atoms with Crippen molar-refractivity contribution in [3.63, 3.8) is 0 Å². The summed E-state index contributed by atoms with van der Waals surface area (Å²) in [4.78, 5) is 3.20. The molecule has 2 aromatic carbocycles. The Morgan fingerprint density at radius 1 is 0.842 bits per heavy atom. The number of hydrogen-bond donors (Lipinski definition) is 0. The van der Waals surface area contributed by atoms with Gasteiger partial charge in [0.25, 0.3) is 0 Å². The summed E-state index contributed by atoms with van der Waals surface area (Å²) in [6, 6.07) is 13.5. The first kappa shape index (κ1) is 15.6. The van der Waals surface area contributed by atoms with Gasteiger partial charge in [0.1, 0.15) is 0 Å². The van der Waals surface area contributed by atoms with Gasteiger partial charge in [-0.15, -0.1) is 0 Å². The number of benzene rings is 2. The molecule has 0 aliphatic rings. The molecule has 9 heteroatoms. The Hall–Kier alpha value is -1.48. The average Bonchev–Trinajstić information content (AvgIpc) is 2.24. The average molecular weight is 392 g/mol. The maximum atomic E-state index is 9.93. The van der Waals surface area contributed by atoms with Crippen LogP contribution in [0.2, 0.25) is 0 Å². The van der Waals surface area contributed by atoms with Crippen molar-refractivity contribution in [1.82, 2.24) is 0 Å². The number of fused-ring (bicyclic) bond motifs is 1. The summed E-state index contributed by atoms with van der Waals surface area (Å²) < 4.78 is 59.6. The van der Waals surface area contributed by atoms with Gasteiger partial charge >= 0.3 is 43.5 Å². The summed E-state index contributed by atoms with van der Waals surface area (Å²) >= 11 is -11.2. The first-order valence-corrected chi connectivity index (χ1v) is 10.5. The van der Waals surface area contributed by atoms with E-state index >= 15 is 0 Å². The van der Waals surface area contributed by atoms with Gasteiger partial charge in [-0.3, -0.25) is 0 Å². The Kier molecular flexibility index (Phi) is 3.50. The predicted octanol–water partition coefficient (Wildman–Crippen LogP) is 5.58. The molecular weight excluding hydrogens is 384 g/mol. The maximum Gasteiger partial charge on any atom is 1.00 e. The Morgan fingerprint density at radius 2 is 1.32 bits per heavy atom. The molecule has 0 aliphatic heterocycles. The molecule has 0 aliphatic carbocycles. The summed E-state index contributed by atoms with van der Waals surface area (Å²) in [6.45, 7) is 0. The van der Waals surface area contributed by atoms with Crippen molar-refractivity contribution in [2.24, 2.45) is 0 Å². The first-order chi connectivity index (χ1) is 8.36. The van der Waals surface area contributed by atoms with Gasteiger partial charge in [-0.1, -0.05) is 30.3 Å². The Bertz CT molecular complexity index is 633. The SMILES string of the molecule is N#[N+]c1cccc2ccccc12.[F][Sb-]([F])([F])([F])([F])[F].[H+]. The van der Waals surface area contributed by atoms with Gasteiger partial charge in [-0.25, -0.2) is 0 Å². The van der Waals surface area contributed by atoms with Crippen LogP contribution >= 0.6 is 0 Å². The minimum atomic E-state index is -11.2. The first-order valence-electron chi connectivity index (χ1n) is 4.76. The van der Waals surface area contributed by atoms with Crippen molar-refractivity contribution in [3.05, 3.63) is 47.4 Å². The predicted molar refractivity (Wildman–Crippen MR) is 62.2 cm³/mol. The van der Waals surface area contributed by atoms with Crippen molar-refractivity contribution < 1.29 is 18.3 Å². The fourth-order valence-electron chi connectivity index (χ4n) is 1.30. The Balaban J connectivity index is 0.000000396. The van der Waals surface area contributed by atoms with Crippen LogP contribution in [0.25, 0.3) is 15.7 Å². The van der Waals surface area contributed by atoms with Crippen LogP contribution in [0.3, 0.4) is 0 Å². The standard InChI is InChI=1S/C10H7N2.6FH.Sb/c11-12-10-7-3-5-8-4-1-2-6-9(8)10;;;;;;;/h1-7H;6*1H;/q+1;;;;;;;+5/p-5. The molecule has 19 heavy (non-hydrogen) atoms. The third kappa shape index (κ3) is 7.52. The zero-order valence-electron chi connectivity index (χ0n) is 10.2. The molecule has 2 rings (SSSR count). The van der Waals surface area contributed by atoms with E-state index in [-0.39, 0.29) is 1.43 Å². The minimum Gasteiger partial charge on any atom is 1.00 e. The monoisotopic (exact) mass is 391 g/mol. The van der Waals surface area contributed by atoms with Gasteiger partial charge in [0, 0.05) is 6.07 Å². The summed E-state index contributed by atoms with van der Waals surface area (Å²) in [7, 11) is 0. The largest absolute Gasteiger partial charge is 1.00 e. The molecule has 0 saturated carbocycles. The van der Waals surface area contributed by atoms with E-state index in [1.807, 2.05) is 36.4 Å². The van der Waals surface area contributed by atoms with E-state index in [9.17, 15) is 16.9 Å². The van der Waals surface area contributed by atoms with E-state index in [2.05, 4.69) is 4.98 Å². The van der Waals surface area contributed by atoms with Crippen molar-refractivity contribution >= 4 is 35.9 Å². The molecule has 0 atom stereocenters. The van der Waals surface area contributed by atoms with E-state index in [1.54, 1.807) is 6.07 Å². The second-order valence-electron chi connectivity index (χ2n) is 3.56. The van der Waals surface area contributed by atoms with Crippen LogP contribution in [-0.4, -0.2) is 19.5 Å². The van der Waals surface area contributed by atoms with Crippen molar-refractivity contribution in [3.8, 4) is 0 Å². The smallest absolute Gasteiger partial charge is 1.00 e. The van der Waals surface area contributed by atoms with Crippen LogP contribution in [0.5, 0.6) is 0 Å². The molecule has 0 unspecified atom stereocenters. The molecule has 0 amide bonds. The molecular formula is C10H8F6N2Sb+. The van der Waals surface area contributed by atoms with Crippen molar-refractivity contribution in [2.75, 3.05) is 0 Å². The van der Waals surface area contributed by atoms with Gasteiger partial charge in [0.2, 0.25) is 5.39 Å². The molecule has 0 aromatic heterocycles. The molecule has 104 valence electrons. The quantitative estimate of drug-likeness (QED) is 0.327. The number of halogens is 6. The molecule has 0 spiro atoms. The van der Waals surface area contributed by atoms with E-state index in [4.69, 9.17) is 5.39 Å². The Labute approximate surface area is 107 Å². The molecule has 0 heterocycles. The van der Waals surface area contributed by atoms with E-state index in [1.165, 1.54) is 0 Å². The van der Waals surface area contributed by atoms with Crippen LogP contribution in [0.15, 0.2) is 42.5 Å². The fourth-order valence-corrected chi connectivity index (χ4v) is 1.30. The zero-order valence-corrected chi connectivity index (χ0v) is 11.7. The summed E-state index contributed by atoms with van der Waals surface area (Å²) in [5.74, 6) is 0. The van der Waals surface area contributed by atoms with Crippen LogP contribution < -0.4 is 0 Å². The minimum absolute atomic E-state index is 0. The third-order valence-electron chi connectivity index (χ3n) is 1.87. The van der Waals surface area contributed by atoms with E-state index in [0.29, 0.717) is 5.69 Å². The van der Waals surface area contributed by atoms with Crippen LogP contribution in [-0.2, 0) is 0 Å². The number of rotatable bonds is 0. The molecule has 2 aromatic rings. The van der Waals surface area contributed by atoms with E-state index in [0.717, 1.165) is 10.8 Å². The third-order valence-corrected chi connectivity index (χ3v) is 1.87. The summed E-state index contributed by atoms with van der Waals surface area (Å²) in [5, 5.41) is 10.7. The summed E-state index contributed by atoms with van der Waals surface area (Å²) in [6.07, 6.45) is 0.